The van der Waals surface area contributed by atoms with Gasteiger partial charge in [-0.15, -0.1) is 0 Å². The second kappa shape index (κ2) is 7.84. The van der Waals surface area contributed by atoms with E-state index in [1.165, 1.54) is 6.42 Å². The molecule has 5 nitrogen and oxygen atoms in total. The molecule has 0 amide bonds. The number of ether oxygens (including phenoxy) is 2. The molecular weight excluding hydrogens is 254 g/mol. The molecule has 0 spiro atoms. The summed E-state index contributed by atoms with van der Waals surface area (Å²) in [6.45, 7) is 7.71. The molecule has 0 aromatic rings. The van der Waals surface area contributed by atoms with Crippen LogP contribution in [0.1, 0.15) is 39.5 Å². The van der Waals surface area contributed by atoms with Crippen molar-refractivity contribution in [2.75, 3.05) is 26.3 Å². The first kappa shape index (κ1) is 15.6. The van der Waals surface area contributed by atoms with Crippen LogP contribution in [-0.4, -0.2) is 44.5 Å². The first-order valence-corrected chi connectivity index (χ1v) is 7.94. The standard InChI is InChI=1S/C15H29N3O2/c1-11(2)14-12(5-3-8-20-14)9-17-15(16)18-10-13-6-4-7-19-13/h11-14H,3-10H2,1-2H3,(H3,16,17,18). The minimum atomic E-state index is 0.296. The summed E-state index contributed by atoms with van der Waals surface area (Å²) in [7, 11) is 0. The SMILES string of the molecule is CC(C)C1OCCCC1CN=C(N)NCC1CCCO1. The maximum atomic E-state index is 5.93. The van der Waals surface area contributed by atoms with Gasteiger partial charge in [0.05, 0.1) is 12.2 Å². The van der Waals surface area contributed by atoms with Crippen LogP contribution in [0.4, 0.5) is 0 Å². The summed E-state index contributed by atoms with van der Waals surface area (Å²) in [5.41, 5.74) is 5.93. The highest BCUT2D eigenvalue weighted by atomic mass is 16.5. The fraction of sp³-hybridized carbons (Fsp3) is 0.933. The lowest BCUT2D eigenvalue weighted by atomic mass is 9.87. The van der Waals surface area contributed by atoms with Crippen LogP contribution in [0.2, 0.25) is 0 Å². The van der Waals surface area contributed by atoms with E-state index in [0.29, 0.717) is 30.0 Å². The third-order valence-corrected chi connectivity index (χ3v) is 4.18. The summed E-state index contributed by atoms with van der Waals surface area (Å²) < 4.78 is 11.4. The summed E-state index contributed by atoms with van der Waals surface area (Å²) >= 11 is 0. The quantitative estimate of drug-likeness (QED) is 0.593. The van der Waals surface area contributed by atoms with Gasteiger partial charge in [-0.3, -0.25) is 4.99 Å². The number of guanidine groups is 1. The van der Waals surface area contributed by atoms with Crippen molar-refractivity contribution in [3.05, 3.63) is 0 Å². The average molecular weight is 283 g/mol. The van der Waals surface area contributed by atoms with Crippen LogP contribution in [0, 0.1) is 11.8 Å². The van der Waals surface area contributed by atoms with Gasteiger partial charge < -0.3 is 20.5 Å². The molecule has 0 radical (unpaired) electrons. The Morgan fingerprint density at radius 3 is 2.70 bits per heavy atom. The van der Waals surface area contributed by atoms with E-state index in [9.17, 15) is 0 Å². The maximum Gasteiger partial charge on any atom is 0.188 e. The number of nitrogens with one attached hydrogen (secondary N) is 1. The summed E-state index contributed by atoms with van der Waals surface area (Å²) in [6.07, 6.45) is 5.20. The molecule has 0 aromatic heterocycles. The van der Waals surface area contributed by atoms with Crippen LogP contribution < -0.4 is 11.1 Å². The molecule has 116 valence electrons. The van der Waals surface area contributed by atoms with Gasteiger partial charge >= 0.3 is 0 Å². The molecule has 0 aromatic carbocycles. The van der Waals surface area contributed by atoms with Gasteiger partial charge in [0.2, 0.25) is 0 Å². The molecule has 3 atom stereocenters. The lowest BCUT2D eigenvalue weighted by Crippen LogP contribution is -2.39. The van der Waals surface area contributed by atoms with Crippen molar-refractivity contribution in [2.45, 2.75) is 51.7 Å². The van der Waals surface area contributed by atoms with E-state index in [2.05, 4.69) is 24.2 Å². The molecule has 0 bridgehead atoms. The molecule has 0 aliphatic carbocycles. The Bertz CT molecular complexity index is 314. The second-order valence-corrected chi connectivity index (χ2v) is 6.22. The highest BCUT2D eigenvalue weighted by Gasteiger charge is 2.28. The second-order valence-electron chi connectivity index (χ2n) is 6.22. The van der Waals surface area contributed by atoms with Gasteiger partial charge in [-0.25, -0.2) is 0 Å². The zero-order valence-electron chi connectivity index (χ0n) is 12.8. The minimum Gasteiger partial charge on any atom is -0.378 e. The summed E-state index contributed by atoms with van der Waals surface area (Å²) in [4.78, 5) is 4.49. The van der Waals surface area contributed by atoms with Gasteiger partial charge in [0.25, 0.3) is 0 Å². The van der Waals surface area contributed by atoms with E-state index < -0.39 is 0 Å². The number of rotatable bonds is 5. The smallest absolute Gasteiger partial charge is 0.188 e. The zero-order valence-corrected chi connectivity index (χ0v) is 12.8. The predicted octanol–water partition coefficient (Wildman–Crippen LogP) is 1.52. The minimum absolute atomic E-state index is 0.296. The van der Waals surface area contributed by atoms with Crippen LogP contribution >= 0.6 is 0 Å². The summed E-state index contributed by atoms with van der Waals surface area (Å²) in [5, 5.41) is 3.17. The molecule has 5 heteroatoms. The Morgan fingerprint density at radius 1 is 1.25 bits per heavy atom. The Morgan fingerprint density at radius 2 is 2.00 bits per heavy atom. The normalized spacial score (nSPS) is 31.8. The van der Waals surface area contributed by atoms with E-state index in [0.717, 1.165) is 45.6 Å². The van der Waals surface area contributed by atoms with Gasteiger partial charge in [-0.2, -0.15) is 0 Å². The number of nitrogens with two attached hydrogens (primary N) is 1. The van der Waals surface area contributed by atoms with Crippen molar-refractivity contribution in [2.24, 2.45) is 22.6 Å². The molecule has 2 fully saturated rings. The van der Waals surface area contributed by atoms with Crippen molar-refractivity contribution >= 4 is 5.96 Å². The third-order valence-electron chi connectivity index (χ3n) is 4.18. The van der Waals surface area contributed by atoms with Gasteiger partial charge in [-0.05, 0) is 31.6 Å². The van der Waals surface area contributed by atoms with Crippen molar-refractivity contribution in [1.29, 1.82) is 0 Å². The van der Waals surface area contributed by atoms with E-state index in [4.69, 9.17) is 15.2 Å². The monoisotopic (exact) mass is 283 g/mol. The molecule has 2 aliphatic heterocycles. The van der Waals surface area contributed by atoms with Crippen LogP contribution in [0.25, 0.3) is 0 Å². The molecule has 2 rings (SSSR count). The van der Waals surface area contributed by atoms with Gasteiger partial charge in [0, 0.05) is 32.2 Å². The highest BCUT2D eigenvalue weighted by molar-refractivity contribution is 5.77. The van der Waals surface area contributed by atoms with E-state index in [1.807, 2.05) is 0 Å². The number of hydrogen-bond donors (Lipinski definition) is 2. The van der Waals surface area contributed by atoms with Crippen LogP contribution in [0.15, 0.2) is 4.99 Å². The van der Waals surface area contributed by atoms with Crippen LogP contribution in [-0.2, 0) is 9.47 Å². The van der Waals surface area contributed by atoms with E-state index >= 15 is 0 Å². The van der Waals surface area contributed by atoms with Crippen molar-refractivity contribution in [1.82, 2.24) is 5.32 Å². The number of nitrogens with zero attached hydrogens (tertiary/aromatic N) is 1. The summed E-state index contributed by atoms with van der Waals surface area (Å²) in [5.74, 6) is 1.57. The Balaban J connectivity index is 1.74. The lowest BCUT2D eigenvalue weighted by molar-refractivity contribution is -0.0491. The van der Waals surface area contributed by atoms with Crippen molar-refractivity contribution in [3.8, 4) is 0 Å². The molecule has 2 saturated heterocycles. The van der Waals surface area contributed by atoms with Gasteiger partial charge in [0.15, 0.2) is 5.96 Å². The molecule has 3 N–H and O–H groups in total. The maximum absolute atomic E-state index is 5.93. The topological polar surface area (TPSA) is 68.9 Å². The lowest BCUT2D eigenvalue weighted by Gasteiger charge is -2.33. The average Bonchev–Trinajstić information content (AvgIpc) is 2.96. The van der Waals surface area contributed by atoms with Gasteiger partial charge in [0.1, 0.15) is 0 Å². The number of aliphatic imine (C=N–C) groups is 1. The summed E-state index contributed by atoms with van der Waals surface area (Å²) in [6, 6.07) is 0. The molecule has 20 heavy (non-hydrogen) atoms. The highest BCUT2D eigenvalue weighted by Crippen LogP contribution is 2.26. The molecule has 2 heterocycles. The zero-order chi connectivity index (χ0) is 14.4. The Hall–Kier alpha value is -0.810. The van der Waals surface area contributed by atoms with Crippen molar-refractivity contribution < 1.29 is 9.47 Å². The molecule has 2 aliphatic rings. The Labute approximate surface area is 122 Å². The molecule has 0 saturated carbocycles. The third kappa shape index (κ3) is 4.63. The Kier molecular flexibility index (Phi) is 6.10. The molecule has 3 unspecified atom stereocenters. The largest absolute Gasteiger partial charge is 0.378 e. The van der Waals surface area contributed by atoms with Crippen LogP contribution in [0.5, 0.6) is 0 Å². The van der Waals surface area contributed by atoms with E-state index in [-0.39, 0.29) is 0 Å². The fourth-order valence-electron chi connectivity index (χ4n) is 3.09. The first-order valence-electron chi connectivity index (χ1n) is 7.94. The van der Waals surface area contributed by atoms with Crippen molar-refractivity contribution in [3.63, 3.8) is 0 Å². The van der Waals surface area contributed by atoms with Crippen LogP contribution in [0.3, 0.4) is 0 Å². The fourth-order valence-corrected chi connectivity index (χ4v) is 3.09. The van der Waals surface area contributed by atoms with Gasteiger partial charge in [-0.1, -0.05) is 13.8 Å². The first-order chi connectivity index (χ1) is 9.66. The molecular formula is C15H29N3O2. The predicted molar refractivity (Wildman–Crippen MR) is 80.8 cm³/mol. The number of hydrogen-bond acceptors (Lipinski definition) is 3. The van der Waals surface area contributed by atoms with E-state index in [1.54, 1.807) is 0 Å².